The third kappa shape index (κ3) is 16.7. The van der Waals surface area contributed by atoms with Crippen molar-refractivity contribution in [2.45, 2.75) is 129 Å². The van der Waals surface area contributed by atoms with Gasteiger partial charge in [-0.2, -0.15) is 0 Å². The molecule has 0 saturated carbocycles. The van der Waals surface area contributed by atoms with Crippen LogP contribution in [0.5, 0.6) is 0 Å². The van der Waals surface area contributed by atoms with Gasteiger partial charge in [0.1, 0.15) is 0 Å². The molecular formula is C27H51NO. The second-order valence-electron chi connectivity index (χ2n) is 9.12. The van der Waals surface area contributed by atoms with Gasteiger partial charge in [0.15, 0.2) is 0 Å². The molecule has 0 aliphatic carbocycles. The van der Waals surface area contributed by atoms with Gasteiger partial charge in [-0.1, -0.05) is 115 Å². The van der Waals surface area contributed by atoms with Crippen molar-refractivity contribution in [3.8, 4) is 0 Å². The highest BCUT2D eigenvalue weighted by atomic mass is 16.2. The highest BCUT2D eigenvalue weighted by Crippen LogP contribution is 2.16. The van der Waals surface area contributed by atoms with Crippen LogP contribution < -0.4 is 0 Å². The molecule has 0 spiro atoms. The largest absolute Gasteiger partial charge is 0.396 e. The van der Waals surface area contributed by atoms with Crippen molar-refractivity contribution in [1.29, 1.82) is 0 Å². The van der Waals surface area contributed by atoms with Crippen LogP contribution in [0.3, 0.4) is 0 Å². The molecule has 0 radical (unpaired) electrons. The van der Waals surface area contributed by atoms with Gasteiger partial charge in [-0.05, 0) is 38.0 Å². The van der Waals surface area contributed by atoms with Crippen molar-refractivity contribution in [3.63, 3.8) is 0 Å². The predicted octanol–water partition coefficient (Wildman–Crippen LogP) is 8.17. The summed E-state index contributed by atoms with van der Waals surface area (Å²) in [6, 6.07) is 0. The van der Waals surface area contributed by atoms with Crippen molar-refractivity contribution >= 4 is 0 Å². The molecule has 0 atom stereocenters. The van der Waals surface area contributed by atoms with Gasteiger partial charge in [0.05, 0.1) is 0 Å². The Morgan fingerprint density at radius 2 is 1.21 bits per heavy atom. The summed E-state index contributed by atoms with van der Waals surface area (Å²) in [6.07, 6.45) is 32.8. The number of hydrogen-bond donors (Lipinski definition) is 1. The van der Waals surface area contributed by atoms with Crippen molar-refractivity contribution in [3.05, 3.63) is 23.9 Å². The average Bonchev–Trinajstić information content (AvgIpc) is 2.74. The van der Waals surface area contributed by atoms with E-state index in [-0.39, 0.29) is 0 Å². The second kappa shape index (κ2) is 20.5. The number of unbranched alkanes of at least 4 members (excludes halogenated alkanes) is 16. The molecule has 0 fully saturated rings. The van der Waals surface area contributed by atoms with E-state index in [1.54, 1.807) is 0 Å². The van der Waals surface area contributed by atoms with E-state index in [4.69, 9.17) is 5.11 Å². The lowest BCUT2D eigenvalue weighted by Gasteiger charge is -2.24. The van der Waals surface area contributed by atoms with E-state index in [2.05, 4.69) is 30.2 Å². The van der Waals surface area contributed by atoms with Crippen LogP contribution in [0.15, 0.2) is 23.9 Å². The van der Waals surface area contributed by atoms with E-state index >= 15 is 0 Å². The quantitative estimate of drug-likeness (QED) is 0.195. The van der Waals surface area contributed by atoms with E-state index in [1.165, 1.54) is 115 Å². The Morgan fingerprint density at radius 3 is 1.72 bits per heavy atom. The molecule has 0 aromatic heterocycles. The topological polar surface area (TPSA) is 23.5 Å². The van der Waals surface area contributed by atoms with Crippen LogP contribution >= 0.6 is 0 Å². The Labute approximate surface area is 182 Å². The summed E-state index contributed by atoms with van der Waals surface area (Å²) >= 11 is 0. The monoisotopic (exact) mass is 405 g/mol. The number of nitrogens with zero attached hydrogens (tertiary/aromatic N) is 1. The molecule has 29 heavy (non-hydrogen) atoms. The van der Waals surface area contributed by atoms with Crippen LogP contribution in [0, 0.1) is 0 Å². The van der Waals surface area contributed by atoms with Gasteiger partial charge in [-0.25, -0.2) is 0 Å². The van der Waals surface area contributed by atoms with E-state index < -0.39 is 0 Å². The highest BCUT2D eigenvalue weighted by Gasteiger charge is 2.07. The van der Waals surface area contributed by atoms with Gasteiger partial charge >= 0.3 is 0 Å². The molecule has 1 aliphatic heterocycles. The smallest absolute Gasteiger partial charge is 0.0431 e. The first-order chi connectivity index (χ1) is 14.4. The summed E-state index contributed by atoms with van der Waals surface area (Å²) in [4.78, 5) is 2.47. The van der Waals surface area contributed by atoms with E-state index in [1.807, 2.05) is 0 Å². The van der Waals surface area contributed by atoms with Gasteiger partial charge in [-0.15, -0.1) is 0 Å². The number of hydrogen-bond acceptors (Lipinski definition) is 2. The fraction of sp³-hybridized carbons (Fsp3) is 0.852. The number of aliphatic hydroxyl groups excluding tert-OH is 1. The molecule has 2 heteroatoms. The molecule has 170 valence electrons. The predicted molar refractivity (Wildman–Crippen MR) is 129 cm³/mol. The molecule has 1 aliphatic rings. The summed E-state index contributed by atoms with van der Waals surface area (Å²) in [5.41, 5.74) is 1.53. The number of allylic oxidation sites excluding steroid dienone is 2. The summed E-state index contributed by atoms with van der Waals surface area (Å²) in [5.74, 6) is 0. The zero-order valence-corrected chi connectivity index (χ0v) is 19.7. The minimum absolute atomic E-state index is 0.325. The lowest BCUT2D eigenvalue weighted by atomic mass is 10.0. The normalized spacial score (nSPS) is 13.9. The minimum Gasteiger partial charge on any atom is -0.396 e. The fourth-order valence-corrected chi connectivity index (χ4v) is 4.31. The van der Waals surface area contributed by atoms with E-state index in [0.29, 0.717) is 6.61 Å². The Balaban J connectivity index is 1.79. The summed E-state index contributed by atoms with van der Waals surface area (Å²) in [6.45, 7) is 4.92. The summed E-state index contributed by atoms with van der Waals surface area (Å²) < 4.78 is 0. The standard InChI is InChI=1S/C27H51NO/c1-2-3-4-5-6-7-8-9-10-11-12-13-14-15-16-18-23-28-24-20-22-27(26-28)21-17-19-25-29/h20,22,24,29H,2-19,21,23,25-26H2,1H3. The molecule has 1 rings (SSSR count). The molecule has 0 bridgehead atoms. The van der Waals surface area contributed by atoms with Crippen molar-refractivity contribution < 1.29 is 5.11 Å². The molecule has 0 saturated heterocycles. The van der Waals surface area contributed by atoms with Crippen LogP contribution in [0.4, 0.5) is 0 Å². The third-order valence-corrected chi connectivity index (χ3v) is 6.24. The molecule has 2 nitrogen and oxygen atoms in total. The van der Waals surface area contributed by atoms with Gasteiger partial charge in [0.25, 0.3) is 0 Å². The van der Waals surface area contributed by atoms with Crippen molar-refractivity contribution in [2.75, 3.05) is 19.7 Å². The number of aliphatic hydroxyl groups is 1. The molecule has 1 N–H and O–H groups in total. The first-order valence-corrected chi connectivity index (χ1v) is 13.1. The Morgan fingerprint density at radius 1 is 0.690 bits per heavy atom. The maximum absolute atomic E-state index is 8.91. The van der Waals surface area contributed by atoms with Gasteiger partial charge in [0, 0.05) is 19.7 Å². The molecule has 1 heterocycles. The van der Waals surface area contributed by atoms with Crippen LogP contribution in [0.2, 0.25) is 0 Å². The maximum Gasteiger partial charge on any atom is 0.0431 e. The van der Waals surface area contributed by atoms with E-state index in [0.717, 1.165) is 25.8 Å². The first-order valence-electron chi connectivity index (χ1n) is 13.1. The lowest BCUT2D eigenvalue weighted by molar-refractivity contribution is 0.283. The SMILES string of the molecule is CCCCCCCCCCCCCCCCCCN1C=CC=C(CCCCO)C1. The molecule has 0 aromatic rings. The van der Waals surface area contributed by atoms with Crippen LogP contribution in [-0.2, 0) is 0 Å². The Kier molecular flexibility index (Phi) is 18.6. The highest BCUT2D eigenvalue weighted by molar-refractivity contribution is 5.18. The third-order valence-electron chi connectivity index (χ3n) is 6.24. The summed E-state index contributed by atoms with van der Waals surface area (Å²) in [7, 11) is 0. The maximum atomic E-state index is 8.91. The van der Waals surface area contributed by atoms with Crippen LogP contribution in [-0.4, -0.2) is 29.7 Å². The zero-order chi connectivity index (χ0) is 20.8. The van der Waals surface area contributed by atoms with Gasteiger partial charge in [-0.3, -0.25) is 0 Å². The first kappa shape index (κ1) is 26.3. The van der Waals surface area contributed by atoms with Crippen LogP contribution in [0.1, 0.15) is 129 Å². The average molecular weight is 406 g/mol. The molecule has 0 aromatic carbocycles. The zero-order valence-electron chi connectivity index (χ0n) is 19.7. The molecule has 0 unspecified atom stereocenters. The molecular weight excluding hydrogens is 354 g/mol. The van der Waals surface area contributed by atoms with E-state index in [9.17, 15) is 0 Å². The molecule has 0 amide bonds. The second-order valence-corrected chi connectivity index (χ2v) is 9.12. The fourth-order valence-electron chi connectivity index (χ4n) is 4.31. The van der Waals surface area contributed by atoms with Crippen molar-refractivity contribution in [2.24, 2.45) is 0 Å². The Hall–Kier alpha value is -0.760. The Bertz CT molecular complexity index is 401. The number of rotatable bonds is 21. The van der Waals surface area contributed by atoms with Gasteiger partial charge in [0.2, 0.25) is 0 Å². The van der Waals surface area contributed by atoms with Crippen molar-refractivity contribution in [1.82, 2.24) is 4.90 Å². The van der Waals surface area contributed by atoms with Gasteiger partial charge < -0.3 is 10.0 Å². The lowest BCUT2D eigenvalue weighted by Crippen LogP contribution is -2.23. The summed E-state index contributed by atoms with van der Waals surface area (Å²) in [5, 5.41) is 8.91. The minimum atomic E-state index is 0.325. The van der Waals surface area contributed by atoms with Crippen LogP contribution in [0.25, 0.3) is 0 Å².